The van der Waals surface area contributed by atoms with Gasteiger partial charge < -0.3 is 4.74 Å². The number of rotatable bonds is 10. The third-order valence-electron chi connectivity index (χ3n) is 4.78. The van der Waals surface area contributed by atoms with E-state index in [0.29, 0.717) is 0 Å². The Balaban J connectivity index is 1.54. The van der Waals surface area contributed by atoms with Gasteiger partial charge in [-0.1, -0.05) is 69.4 Å². The predicted molar refractivity (Wildman–Crippen MR) is 116 cm³/mol. The van der Waals surface area contributed by atoms with Crippen molar-refractivity contribution in [2.75, 3.05) is 6.61 Å². The summed E-state index contributed by atoms with van der Waals surface area (Å²) in [7, 11) is 0. The lowest BCUT2D eigenvalue weighted by Gasteiger charge is -2.08. The number of nitrogens with zero attached hydrogens (tertiary/aromatic N) is 1. The second-order valence-electron chi connectivity index (χ2n) is 7.00. The van der Waals surface area contributed by atoms with Gasteiger partial charge in [-0.3, -0.25) is 4.98 Å². The number of unbranched alkanes of at least 4 members (excludes halogenated alkanes) is 5. The highest BCUT2D eigenvalue weighted by molar-refractivity contribution is 5.87. The van der Waals surface area contributed by atoms with Crippen molar-refractivity contribution in [2.45, 2.75) is 45.4 Å². The second-order valence-corrected chi connectivity index (χ2v) is 7.00. The third kappa shape index (κ3) is 6.25. The summed E-state index contributed by atoms with van der Waals surface area (Å²) in [4.78, 5) is 4.05. The molecule has 0 aliphatic rings. The van der Waals surface area contributed by atoms with Crippen LogP contribution in [0, 0.1) is 0 Å². The maximum atomic E-state index is 5.94. The molecule has 0 amide bonds. The molecule has 2 nitrogen and oxygen atoms in total. The Morgan fingerprint density at radius 1 is 0.741 bits per heavy atom. The molecule has 27 heavy (non-hydrogen) atoms. The van der Waals surface area contributed by atoms with Crippen molar-refractivity contribution in [1.29, 1.82) is 0 Å². The first-order chi connectivity index (χ1) is 13.3. The standard InChI is InChI=1S/C25H29NO/c1-2-3-4-5-6-7-18-27-25-13-12-23-19-22(10-11-24(23)20-25)9-8-21-14-16-26-17-15-21/h8-17,19-20H,2-7,18H2,1H3/b9-8+. The van der Waals surface area contributed by atoms with Gasteiger partial charge in [-0.05, 0) is 58.7 Å². The Bertz CT molecular complexity index is 855. The predicted octanol–water partition coefficient (Wildman–Crippen LogP) is 7.14. The fourth-order valence-corrected chi connectivity index (χ4v) is 3.18. The Labute approximate surface area is 162 Å². The molecule has 1 heterocycles. The molecule has 0 unspecified atom stereocenters. The van der Waals surface area contributed by atoms with Gasteiger partial charge >= 0.3 is 0 Å². The molecule has 140 valence electrons. The SMILES string of the molecule is CCCCCCCCOc1ccc2cc(/C=C/c3ccncc3)ccc2c1. The highest BCUT2D eigenvalue weighted by Crippen LogP contribution is 2.23. The molecule has 0 saturated carbocycles. The molecule has 0 bridgehead atoms. The molecule has 2 heteroatoms. The first-order valence-electron chi connectivity index (χ1n) is 10.1. The Kier molecular flexibility index (Phi) is 7.46. The molecule has 0 atom stereocenters. The van der Waals surface area contributed by atoms with Crippen LogP contribution < -0.4 is 4.74 Å². The summed E-state index contributed by atoms with van der Waals surface area (Å²) in [5, 5.41) is 2.45. The summed E-state index contributed by atoms with van der Waals surface area (Å²) < 4.78 is 5.94. The number of fused-ring (bicyclic) bond motifs is 1. The van der Waals surface area contributed by atoms with Crippen molar-refractivity contribution in [3.63, 3.8) is 0 Å². The van der Waals surface area contributed by atoms with Crippen molar-refractivity contribution in [2.24, 2.45) is 0 Å². The normalized spacial score (nSPS) is 11.3. The average Bonchev–Trinajstić information content (AvgIpc) is 2.72. The lowest BCUT2D eigenvalue weighted by atomic mass is 10.1. The average molecular weight is 360 g/mol. The Morgan fingerprint density at radius 3 is 2.30 bits per heavy atom. The fraction of sp³-hybridized carbons (Fsp3) is 0.320. The van der Waals surface area contributed by atoms with Gasteiger partial charge in [-0.25, -0.2) is 0 Å². The van der Waals surface area contributed by atoms with Crippen LogP contribution in [-0.4, -0.2) is 11.6 Å². The summed E-state index contributed by atoms with van der Waals surface area (Å²) in [6, 6.07) is 16.9. The monoisotopic (exact) mass is 359 g/mol. The van der Waals surface area contributed by atoms with E-state index in [4.69, 9.17) is 4.74 Å². The van der Waals surface area contributed by atoms with Crippen LogP contribution in [0.15, 0.2) is 60.9 Å². The summed E-state index contributed by atoms with van der Waals surface area (Å²) >= 11 is 0. The van der Waals surface area contributed by atoms with Gasteiger partial charge in [0.15, 0.2) is 0 Å². The first kappa shape index (κ1) is 19.2. The zero-order valence-electron chi connectivity index (χ0n) is 16.2. The molecule has 2 aromatic carbocycles. The van der Waals surface area contributed by atoms with Crippen LogP contribution in [0.3, 0.4) is 0 Å². The Morgan fingerprint density at radius 2 is 1.44 bits per heavy atom. The van der Waals surface area contributed by atoms with Gasteiger partial charge in [0.1, 0.15) is 5.75 Å². The van der Waals surface area contributed by atoms with Crippen LogP contribution in [0.2, 0.25) is 0 Å². The summed E-state index contributed by atoms with van der Waals surface area (Å²) in [6.45, 7) is 3.06. The largest absolute Gasteiger partial charge is 0.494 e. The van der Waals surface area contributed by atoms with E-state index < -0.39 is 0 Å². The van der Waals surface area contributed by atoms with Crippen molar-refractivity contribution in [3.8, 4) is 5.75 Å². The van der Waals surface area contributed by atoms with E-state index in [1.165, 1.54) is 48.4 Å². The number of ether oxygens (including phenoxy) is 1. The molecule has 0 saturated heterocycles. The van der Waals surface area contributed by atoms with Crippen LogP contribution >= 0.6 is 0 Å². The van der Waals surface area contributed by atoms with Crippen LogP contribution in [0.5, 0.6) is 5.75 Å². The van der Waals surface area contributed by atoms with E-state index in [2.05, 4.69) is 60.5 Å². The van der Waals surface area contributed by atoms with Gasteiger partial charge in [0.25, 0.3) is 0 Å². The molecule has 3 aromatic rings. The molecule has 0 aliphatic carbocycles. The highest BCUT2D eigenvalue weighted by atomic mass is 16.5. The summed E-state index contributed by atoms with van der Waals surface area (Å²) in [5.74, 6) is 0.969. The molecular weight excluding hydrogens is 330 g/mol. The fourth-order valence-electron chi connectivity index (χ4n) is 3.18. The molecule has 1 aromatic heterocycles. The lowest BCUT2D eigenvalue weighted by Crippen LogP contribution is -1.97. The van der Waals surface area contributed by atoms with E-state index >= 15 is 0 Å². The van der Waals surface area contributed by atoms with E-state index in [0.717, 1.165) is 24.3 Å². The number of pyridine rings is 1. The number of hydrogen-bond donors (Lipinski definition) is 0. The highest BCUT2D eigenvalue weighted by Gasteiger charge is 1.99. The lowest BCUT2D eigenvalue weighted by molar-refractivity contribution is 0.305. The van der Waals surface area contributed by atoms with Crippen molar-refractivity contribution in [1.82, 2.24) is 4.98 Å². The topological polar surface area (TPSA) is 22.1 Å². The quantitative estimate of drug-likeness (QED) is 0.359. The van der Waals surface area contributed by atoms with Crippen LogP contribution in [0.4, 0.5) is 0 Å². The molecule has 0 N–H and O–H groups in total. The number of hydrogen-bond acceptors (Lipinski definition) is 2. The van der Waals surface area contributed by atoms with Gasteiger partial charge in [-0.2, -0.15) is 0 Å². The molecule has 3 rings (SSSR count). The molecule has 0 fully saturated rings. The minimum atomic E-state index is 0.810. The number of aromatic nitrogens is 1. The van der Waals surface area contributed by atoms with E-state index in [9.17, 15) is 0 Å². The smallest absolute Gasteiger partial charge is 0.119 e. The van der Waals surface area contributed by atoms with Gasteiger partial charge in [0.2, 0.25) is 0 Å². The van der Waals surface area contributed by atoms with Crippen LogP contribution in [0.25, 0.3) is 22.9 Å². The van der Waals surface area contributed by atoms with Gasteiger partial charge in [0.05, 0.1) is 6.61 Å². The molecule has 0 aliphatic heterocycles. The van der Waals surface area contributed by atoms with E-state index in [-0.39, 0.29) is 0 Å². The first-order valence-corrected chi connectivity index (χ1v) is 10.1. The van der Waals surface area contributed by atoms with E-state index in [1.807, 2.05) is 24.5 Å². The maximum absolute atomic E-state index is 5.94. The van der Waals surface area contributed by atoms with Gasteiger partial charge in [0, 0.05) is 12.4 Å². The minimum Gasteiger partial charge on any atom is -0.494 e. The molecule has 0 spiro atoms. The summed E-state index contributed by atoms with van der Waals surface area (Å²) in [5.41, 5.74) is 2.35. The van der Waals surface area contributed by atoms with Gasteiger partial charge in [-0.15, -0.1) is 0 Å². The van der Waals surface area contributed by atoms with Crippen LogP contribution in [-0.2, 0) is 0 Å². The van der Waals surface area contributed by atoms with Crippen molar-refractivity contribution < 1.29 is 4.74 Å². The summed E-state index contributed by atoms with van der Waals surface area (Å²) in [6.07, 6.45) is 15.6. The second kappa shape index (κ2) is 10.5. The third-order valence-corrected chi connectivity index (χ3v) is 4.78. The van der Waals surface area contributed by atoms with Crippen LogP contribution in [0.1, 0.15) is 56.6 Å². The van der Waals surface area contributed by atoms with Crippen molar-refractivity contribution in [3.05, 3.63) is 72.1 Å². The minimum absolute atomic E-state index is 0.810. The van der Waals surface area contributed by atoms with E-state index in [1.54, 1.807) is 0 Å². The number of benzene rings is 2. The maximum Gasteiger partial charge on any atom is 0.119 e. The molecular formula is C25H29NO. The zero-order chi connectivity index (χ0) is 18.7. The molecule has 0 radical (unpaired) electrons. The Hall–Kier alpha value is -2.61. The zero-order valence-corrected chi connectivity index (χ0v) is 16.2. The van der Waals surface area contributed by atoms with Crippen molar-refractivity contribution >= 4 is 22.9 Å².